The minimum atomic E-state index is -0.465. The maximum absolute atomic E-state index is 10.6. The van der Waals surface area contributed by atoms with Crippen LogP contribution in [-0.2, 0) is 13.0 Å². The maximum atomic E-state index is 10.6. The van der Waals surface area contributed by atoms with Crippen molar-refractivity contribution < 1.29 is 9.34 Å². The van der Waals surface area contributed by atoms with Gasteiger partial charge in [0.1, 0.15) is 11.6 Å². The van der Waals surface area contributed by atoms with Gasteiger partial charge in [-0.05, 0) is 0 Å². The van der Waals surface area contributed by atoms with Gasteiger partial charge in [0.05, 0.1) is 23.7 Å². The molecule has 0 aliphatic heterocycles. The van der Waals surface area contributed by atoms with Crippen molar-refractivity contribution in [3.05, 3.63) is 46.3 Å². The molecular weight excluding hydrogens is 236 g/mol. The van der Waals surface area contributed by atoms with Gasteiger partial charge in [-0.2, -0.15) is 0 Å². The first-order chi connectivity index (χ1) is 8.69. The van der Waals surface area contributed by atoms with E-state index in [1.54, 1.807) is 6.20 Å². The Balaban J connectivity index is 2.01. The molecule has 0 aromatic carbocycles. The third-order valence-electron chi connectivity index (χ3n) is 2.32. The first-order valence-electron chi connectivity index (χ1n) is 5.47. The third-order valence-corrected chi connectivity index (χ3v) is 2.32. The maximum Gasteiger partial charge on any atom is 0.274 e. The lowest BCUT2D eigenvalue weighted by molar-refractivity contribution is -0.384. The van der Waals surface area contributed by atoms with E-state index in [0.717, 1.165) is 12.2 Å². The predicted molar refractivity (Wildman–Crippen MR) is 64.1 cm³/mol. The van der Waals surface area contributed by atoms with Crippen LogP contribution in [0.15, 0.2) is 28.9 Å². The molecule has 0 spiro atoms. The van der Waals surface area contributed by atoms with Crippen molar-refractivity contribution in [3.8, 4) is 0 Å². The van der Waals surface area contributed by atoms with E-state index in [1.807, 2.05) is 6.92 Å². The first kappa shape index (κ1) is 12.0. The van der Waals surface area contributed by atoms with Gasteiger partial charge in [-0.15, -0.1) is 0 Å². The third kappa shape index (κ3) is 2.82. The number of nitrogens with zero attached hydrogens (tertiary/aromatic N) is 3. The molecule has 0 unspecified atom stereocenters. The van der Waals surface area contributed by atoms with Crippen molar-refractivity contribution in [1.82, 2.24) is 9.97 Å². The van der Waals surface area contributed by atoms with E-state index in [0.29, 0.717) is 18.3 Å². The second-order valence-corrected chi connectivity index (χ2v) is 3.58. The molecule has 0 fully saturated rings. The van der Waals surface area contributed by atoms with E-state index in [4.69, 9.17) is 4.42 Å². The Labute approximate surface area is 103 Å². The molecule has 0 radical (unpaired) electrons. The minimum absolute atomic E-state index is 0.00542. The number of nitrogens with one attached hydrogen (secondary N) is 1. The number of pyridine rings is 1. The van der Waals surface area contributed by atoms with Crippen LogP contribution in [0.3, 0.4) is 0 Å². The molecule has 1 N–H and O–H groups in total. The summed E-state index contributed by atoms with van der Waals surface area (Å²) in [6.45, 7) is 2.31. The zero-order valence-electron chi connectivity index (χ0n) is 9.79. The predicted octanol–water partition coefficient (Wildman–Crippen LogP) is 2.15. The Bertz CT molecular complexity index is 553. The SMILES string of the molecule is CCc1cnc(CNc2cc([N+](=O)[O-])ccn2)o1. The Morgan fingerprint density at radius 2 is 2.33 bits per heavy atom. The van der Waals surface area contributed by atoms with E-state index in [2.05, 4.69) is 15.3 Å². The van der Waals surface area contributed by atoms with Crippen LogP contribution < -0.4 is 5.32 Å². The van der Waals surface area contributed by atoms with Crippen LogP contribution in [0.5, 0.6) is 0 Å². The van der Waals surface area contributed by atoms with Crippen LogP contribution in [0.4, 0.5) is 11.5 Å². The van der Waals surface area contributed by atoms with Gasteiger partial charge < -0.3 is 9.73 Å². The highest BCUT2D eigenvalue weighted by Crippen LogP contribution is 2.15. The molecular formula is C11H12N4O3. The second kappa shape index (κ2) is 5.26. The normalized spacial score (nSPS) is 10.3. The molecule has 2 heterocycles. The largest absolute Gasteiger partial charge is 0.444 e. The van der Waals surface area contributed by atoms with Crippen LogP contribution in [0, 0.1) is 10.1 Å². The molecule has 2 aromatic rings. The van der Waals surface area contributed by atoms with Gasteiger partial charge in [0.15, 0.2) is 0 Å². The molecule has 2 aromatic heterocycles. The molecule has 0 bridgehead atoms. The number of anilines is 1. The van der Waals surface area contributed by atoms with E-state index < -0.39 is 4.92 Å². The molecule has 2 rings (SSSR count). The summed E-state index contributed by atoms with van der Waals surface area (Å²) in [4.78, 5) is 18.2. The van der Waals surface area contributed by atoms with Gasteiger partial charge >= 0.3 is 0 Å². The lowest BCUT2D eigenvalue weighted by Gasteiger charge is -2.01. The zero-order chi connectivity index (χ0) is 13.0. The van der Waals surface area contributed by atoms with Crippen LogP contribution in [0.1, 0.15) is 18.6 Å². The first-order valence-corrected chi connectivity index (χ1v) is 5.47. The number of hydrogen-bond acceptors (Lipinski definition) is 6. The molecule has 0 saturated carbocycles. The summed E-state index contributed by atoms with van der Waals surface area (Å²) >= 11 is 0. The standard InChI is InChI=1S/C11H12N4O3/c1-2-9-6-14-11(18-9)7-13-10-5-8(15(16)17)3-4-12-10/h3-6H,2,7H2,1H3,(H,12,13). The summed E-state index contributed by atoms with van der Waals surface area (Å²) in [6.07, 6.45) is 3.83. The average molecular weight is 248 g/mol. The second-order valence-electron chi connectivity index (χ2n) is 3.58. The smallest absolute Gasteiger partial charge is 0.274 e. The molecule has 0 aliphatic carbocycles. The number of hydrogen-bond donors (Lipinski definition) is 1. The molecule has 0 aliphatic rings. The Hall–Kier alpha value is -2.44. The number of aromatic nitrogens is 2. The minimum Gasteiger partial charge on any atom is -0.444 e. The van der Waals surface area contributed by atoms with Crippen LogP contribution in [-0.4, -0.2) is 14.9 Å². The van der Waals surface area contributed by atoms with Gasteiger partial charge in [0.25, 0.3) is 5.69 Å². The molecule has 7 nitrogen and oxygen atoms in total. The zero-order valence-corrected chi connectivity index (χ0v) is 9.79. The summed E-state index contributed by atoms with van der Waals surface area (Å²) in [5.74, 6) is 1.75. The summed E-state index contributed by atoms with van der Waals surface area (Å²) in [5.41, 5.74) is -0.00542. The molecule has 0 saturated heterocycles. The van der Waals surface area contributed by atoms with Gasteiger partial charge in [-0.25, -0.2) is 9.97 Å². The van der Waals surface area contributed by atoms with Gasteiger partial charge in [-0.1, -0.05) is 6.92 Å². The molecule has 94 valence electrons. The fourth-order valence-electron chi connectivity index (χ4n) is 1.39. The summed E-state index contributed by atoms with van der Waals surface area (Å²) in [6, 6.07) is 2.70. The lowest BCUT2D eigenvalue weighted by Crippen LogP contribution is -2.02. The van der Waals surface area contributed by atoms with Crippen LogP contribution >= 0.6 is 0 Å². The monoisotopic (exact) mass is 248 g/mol. The van der Waals surface area contributed by atoms with E-state index in [-0.39, 0.29) is 5.69 Å². The van der Waals surface area contributed by atoms with E-state index in [1.165, 1.54) is 18.3 Å². The molecule has 0 amide bonds. The average Bonchev–Trinajstić information content (AvgIpc) is 2.84. The van der Waals surface area contributed by atoms with Crippen molar-refractivity contribution in [3.63, 3.8) is 0 Å². The van der Waals surface area contributed by atoms with Gasteiger partial charge in [0.2, 0.25) is 5.89 Å². The Kier molecular flexibility index (Phi) is 3.52. The Morgan fingerprint density at radius 1 is 1.50 bits per heavy atom. The molecule has 7 heteroatoms. The van der Waals surface area contributed by atoms with Crippen LogP contribution in [0.25, 0.3) is 0 Å². The summed E-state index contributed by atoms with van der Waals surface area (Å²) in [5, 5.41) is 13.5. The summed E-state index contributed by atoms with van der Waals surface area (Å²) < 4.78 is 5.40. The van der Waals surface area contributed by atoms with Gasteiger partial charge in [-0.3, -0.25) is 10.1 Å². The van der Waals surface area contributed by atoms with Crippen LogP contribution in [0.2, 0.25) is 0 Å². The van der Waals surface area contributed by atoms with Crippen molar-refractivity contribution in [2.75, 3.05) is 5.32 Å². The van der Waals surface area contributed by atoms with Crippen molar-refractivity contribution in [1.29, 1.82) is 0 Å². The highest BCUT2D eigenvalue weighted by atomic mass is 16.6. The number of rotatable bonds is 5. The van der Waals surface area contributed by atoms with Gasteiger partial charge in [0, 0.05) is 18.7 Å². The number of aryl methyl sites for hydroxylation is 1. The van der Waals surface area contributed by atoms with E-state index >= 15 is 0 Å². The molecule has 0 atom stereocenters. The van der Waals surface area contributed by atoms with Crippen molar-refractivity contribution in [2.24, 2.45) is 0 Å². The fraction of sp³-hybridized carbons (Fsp3) is 0.273. The number of oxazole rings is 1. The number of nitro groups is 1. The highest BCUT2D eigenvalue weighted by Gasteiger charge is 2.07. The topological polar surface area (TPSA) is 94.1 Å². The lowest BCUT2D eigenvalue weighted by atomic mass is 10.4. The quantitative estimate of drug-likeness (QED) is 0.643. The Morgan fingerprint density at radius 3 is 3.00 bits per heavy atom. The van der Waals surface area contributed by atoms with Crippen molar-refractivity contribution >= 4 is 11.5 Å². The fourth-order valence-corrected chi connectivity index (χ4v) is 1.39. The molecule has 18 heavy (non-hydrogen) atoms. The van der Waals surface area contributed by atoms with E-state index in [9.17, 15) is 10.1 Å². The summed E-state index contributed by atoms with van der Waals surface area (Å²) in [7, 11) is 0. The van der Waals surface area contributed by atoms with Crippen molar-refractivity contribution in [2.45, 2.75) is 19.9 Å². The highest BCUT2D eigenvalue weighted by molar-refractivity contribution is 5.44.